The lowest BCUT2D eigenvalue weighted by Crippen LogP contribution is -2.47. The molecule has 0 aromatic heterocycles. The summed E-state index contributed by atoms with van der Waals surface area (Å²) < 4.78 is 13.9. The zero-order valence-corrected chi connectivity index (χ0v) is 13.5. The minimum absolute atomic E-state index is 0.273. The van der Waals surface area contributed by atoms with Gasteiger partial charge in [-0.25, -0.2) is 20.5 Å². The number of urea groups is 1. The van der Waals surface area contributed by atoms with Crippen LogP contribution in [0.5, 0.6) is 0 Å². The van der Waals surface area contributed by atoms with E-state index in [4.69, 9.17) is 17.4 Å². The van der Waals surface area contributed by atoms with E-state index < -0.39 is 6.03 Å². The first-order chi connectivity index (χ1) is 11.1. The quantitative estimate of drug-likeness (QED) is 0.274. The summed E-state index contributed by atoms with van der Waals surface area (Å²) in [5, 5.41) is 0.411. The Morgan fingerprint density at radius 2 is 2.26 bits per heavy atom. The maximum absolute atomic E-state index is 13.9. The van der Waals surface area contributed by atoms with Crippen molar-refractivity contribution in [1.29, 1.82) is 0 Å². The van der Waals surface area contributed by atoms with Crippen LogP contribution < -0.4 is 22.1 Å². The van der Waals surface area contributed by atoms with Gasteiger partial charge in [-0.2, -0.15) is 0 Å². The molecular weight excluding hydrogens is 321 g/mol. The monoisotopic (exact) mass is 341 g/mol. The van der Waals surface area contributed by atoms with E-state index in [1.165, 1.54) is 6.07 Å². The molecule has 2 rings (SSSR count). The van der Waals surface area contributed by atoms with E-state index in [1.54, 1.807) is 12.1 Å². The molecule has 0 saturated heterocycles. The SMILES string of the molecule is NNC(=O)NNCCCN1CC=C(c2ccc(Cl)cc2F)CC1. The normalized spacial score (nSPS) is 15.2. The van der Waals surface area contributed by atoms with Gasteiger partial charge in [0.2, 0.25) is 0 Å². The van der Waals surface area contributed by atoms with Gasteiger partial charge in [0.1, 0.15) is 5.82 Å². The van der Waals surface area contributed by atoms with Crippen LogP contribution in [0.2, 0.25) is 5.02 Å². The predicted octanol–water partition coefficient (Wildman–Crippen LogP) is 1.64. The molecule has 1 heterocycles. The zero-order chi connectivity index (χ0) is 16.7. The second-order valence-electron chi connectivity index (χ2n) is 5.28. The molecule has 1 aromatic rings. The van der Waals surface area contributed by atoms with Crippen LogP contribution in [0.4, 0.5) is 9.18 Å². The number of amides is 2. The maximum atomic E-state index is 13.9. The molecule has 0 radical (unpaired) electrons. The Hall–Kier alpha value is -1.67. The first kappa shape index (κ1) is 17.7. The lowest BCUT2D eigenvalue weighted by atomic mass is 9.99. The van der Waals surface area contributed by atoms with Crippen LogP contribution in [0.1, 0.15) is 18.4 Å². The number of nitrogens with zero attached hydrogens (tertiary/aromatic N) is 1. The Labute approximate surface area is 139 Å². The number of nitrogens with one attached hydrogen (secondary N) is 3. The van der Waals surface area contributed by atoms with Gasteiger partial charge in [-0.1, -0.05) is 23.7 Å². The third-order valence-corrected chi connectivity index (χ3v) is 3.91. The molecule has 0 unspecified atom stereocenters. The van der Waals surface area contributed by atoms with Crippen LogP contribution in [-0.2, 0) is 0 Å². The average Bonchev–Trinajstić information content (AvgIpc) is 2.55. The van der Waals surface area contributed by atoms with Crippen molar-refractivity contribution in [2.24, 2.45) is 5.84 Å². The standard InChI is InChI=1S/C15H21ClFN5O/c16-12-2-3-13(14(17)10-12)11-4-8-22(9-5-11)7-1-6-19-21-15(23)20-18/h2-4,10,19H,1,5-9,18H2,(H2,20,21,23). The molecule has 0 atom stereocenters. The van der Waals surface area contributed by atoms with Gasteiger partial charge >= 0.3 is 6.03 Å². The molecule has 0 fully saturated rings. The van der Waals surface area contributed by atoms with Crippen LogP contribution in [0.3, 0.4) is 0 Å². The highest BCUT2D eigenvalue weighted by molar-refractivity contribution is 6.30. The second-order valence-corrected chi connectivity index (χ2v) is 5.72. The van der Waals surface area contributed by atoms with Crippen LogP contribution in [0, 0.1) is 5.82 Å². The number of nitrogens with two attached hydrogens (primary N) is 1. The molecule has 126 valence electrons. The summed E-state index contributed by atoms with van der Waals surface area (Å²) in [5.74, 6) is 4.66. The van der Waals surface area contributed by atoms with Crippen molar-refractivity contribution in [3.05, 3.63) is 40.7 Å². The molecule has 23 heavy (non-hydrogen) atoms. The minimum atomic E-state index is -0.472. The molecular formula is C15H21ClFN5O. The van der Waals surface area contributed by atoms with Gasteiger partial charge in [0.25, 0.3) is 0 Å². The lowest BCUT2D eigenvalue weighted by Gasteiger charge is -2.26. The zero-order valence-electron chi connectivity index (χ0n) is 12.7. The van der Waals surface area contributed by atoms with Crippen molar-refractivity contribution in [3.8, 4) is 0 Å². The van der Waals surface area contributed by atoms with Crippen LogP contribution in [0.15, 0.2) is 24.3 Å². The number of halogens is 2. The summed E-state index contributed by atoms with van der Waals surface area (Å²) in [6.07, 6.45) is 3.74. The summed E-state index contributed by atoms with van der Waals surface area (Å²) in [6, 6.07) is 4.32. The van der Waals surface area contributed by atoms with E-state index in [0.29, 0.717) is 17.1 Å². The summed E-state index contributed by atoms with van der Waals surface area (Å²) in [7, 11) is 0. The smallest absolute Gasteiger partial charge is 0.299 e. The molecule has 2 amide bonds. The second kappa shape index (κ2) is 8.83. The molecule has 0 spiro atoms. The molecule has 1 aromatic carbocycles. The lowest BCUT2D eigenvalue weighted by molar-refractivity contribution is 0.235. The fraction of sp³-hybridized carbons (Fsp3) is 0.400. The number of rotatable bonds is 6. The minimum Gasteiger partial charge on any atom is -0.299 e. The summed E-state index contributed by atoms with van der Waals surface area (Å²) >= 11 is 5.78. The maximum Gasteiger partial charge on any atom is 0.343 e. The van der Waals surface area contributed by atoms with E-state index in [-0.39, 0.29) is 5.82 Å². The average molecular weight is 342 g/mol. The Morgan fingerprint density at radius 3 is 2.91 bits per heavy atom. The van der Waals surface area contributed by atoms with Crippen molar-refractivity contribution in [2.45, 2.75) is 12.8 Å². The van der Waals surface area contributed by atoms with Crippen molar-refractivity contribution in [2.75, 3.05) is 26.2 Å². The summed E-state index contributed by atoms with van der Waals surface area (Å²) in [6.45, 7) is 3.21. The van der Waals surface area contributed by atoms with Gasteiger partial charge in [-0.05, 0) is 37.1 Å². The van der Waals surface area contributed by atoms with Gasteiger partial charge in [-0.3, -0.25) is 15.8 Å². The molecule has 6 nitrogen and oxygen atoms in total. The fourth-order valence-electron chi connectivity index (χ4n) is 2.48. The van der Waals surface area contributed by atoms with Gasteiger partial charge in [0, 0.05) is 30.2 Å². The summed E-state index contributed by atoms with van der Waals surface area (Å²) in [5.41, 5.74) is 8.80. The highest BCUT2D eigenvalue weighted by Crippen LogP contribution is 2.26. The predicted molar refractivity (Wildman–Crippen MR) is 88.9 cm³/mol. The summed E-state index contributed by atoms with van der Waals surface area (Å²) in [4.78, 5) is 13.1. The first-order valence-electron chi connectivity index (χ1n) is 7.46. The Balaban J connectivity index is 1.74. The Morgan fingerprint density at radius 1 is 1.43 bits per heavy atom. The van der Waals surface area contributed by atoms with Gasteiger partial charge in [-0.15, -0.1) is 0 Å². The van der Waals surface area contributed by atoms with Crippen molar-refractivity contribution < 1.29 is 9.18 Å². The molecule has 1 aliphatic rings. The van der Waals surface area contributed by atoms with E-state index in [9.17, 15) is 9.18 Å². The van der Waals surface area contributed by atoms with Crippen LogP contribution >= 0.6 is 11.6 Å². The molecule has 1 aliphatic heterocycles. The van der Waals surface area contributed by atoms with Gasteiger partial charge in [0.05, 0.1) is 0 Å². The first-order valence-corrected chi connectivity index (χ1v) is 7.84. The van der Waals surface area contributed by atoms with Gasteiger partial charge in [0.15, 0.2) is 0 Å². The topological polar surface area (TPSA) is 82.4 Å². The number of benzene rings is 1. The van der Waals surface area contributed by atoms with Crippen LogP contribution in [0.25, 0.3) is 5.57 Å². The van der Waals surface area contributed by atoms with Gasteiger partial charge < -0.3 is 0 Å². The van der Waals surface area contributed by atoms with Crippen molar-refractivity contribution in [3.63, 3.8) is 0 Å². The fourth-order valence-corrected chi connectivity index (χ4v) is 2.64. The number of carbonyl (C=O) groups is 1. The molecule has 5 N–H and O–H groups in total. The Kier molecular flexibility index (Phi) is 6.79. The molecule has 0 bridgehead atoms. The highest BCUT2D eigenvalue weighted by Gasteiger charge is 2.15. The van der Waals surface area contributed by atoms with Crippen molar-refractivity contribution >= 4 is 23.2 Å². The number of hydrogen-bond acceptors (Lipinski definition) is 4. The van der Waals surface area contributed by atoms with E-state index in [1.807, 2.05) is 5.43 Å². The third kappa shape index (κ3) is 5.47. The van der Waals surface area contributed by atoms with E-state index in [2.05, 4.69) is 21.8 Å². The largest absolute Gasteiger partial charge is 0.343 e. The van der Waals surface area contributed by atoms with Crippen LogP contribution in [-0.4, -0.2) is 37.1 Å². The van der Waals surface area contributed by atoms with E-state index in [0.717, 1.165) is 38.0 Å². The molecule has 8 heteroatoms. The Bertz CT molecular complexity index is 581. The number of hydrazine groups is 2. The highest BCUT2D eigenvalue weighted by atomic mass is 35.5. The van der Waals surface area contributed by atoms with Crippen molar-refractivity contribution in [1.82, 2.24) is 21.2 Å². The number of carbonyl (C=O) groups excluding carboxylic acids is 1. The van der Waals surface area contributed by atoms with E-state index >= 15 is 0 Å². The molecule has 0 saturated carbocycles. The molecule has 0 aliphatic carbocycles. The third-order valence-electron chi connectivity index (χ3n) is 3.68. The number of hydrogen-bond donors (Lipinski definition) is 4.